The number of rotatable bonds is 3. The van der Waals surface area contributed by atoms with Crippen LogP contribution in [-0.2, 0) is 0 Å². The average Bonchev–Trinajstić information content (AvgIpc) is 1.65. The Hall–Kier alpha value is -0.0800. The molecule has 0 radical (unpaired) electrons. The molecule has 3 N–H and O–H groups in total. The maximum Gasteiger partial charge on any atom is 0.0164 e. The molecule has 0 aliphatic carbocycles. The van der Waals surface area contributed by atoms with Gasteiger partial charge in [0.2, 0.25) is 0 Å². The lowest BCUT2D eigenvalue weighted by atomic mass is 10.3. The quantitative estimate of drug-likeness (QED) is 0.557. The molecule has 0 unspecified atom stereocenters. The van der Waals surface area contributed by atoms with E-state index in [4.69, 9.17) is 5.73 Å². The van der Waals surface area contributed by atoms with Crippen molar-refractivity contribution in [3.05, 3.63) is 0 Å². The van der Waals surface area contributed by atoms with Gasteiger partial charge >= 0.3 is 0 Å². The zero-order valence-electron chi connectivity index (χ0n) is 5.94. The summed E-state index contributed by atoms with van der Waals surface area (Å²) in [6, 6.07) is 1.00. The lowest BCUT2D eigenvalue weighted by Gasteiger charge is -2.13. The summed E-state index contributed by atoms with van der Waals surface area (Å²) in [7, 11) is 0. The molecule has 2 heteroatoms. The normalized spacial score (nSPS) is 14.6. The molecular weight excluding hydrogens is 100 g/mol. The van der Waals surface area contributed by atoms with Gasteiger partial charge in [0.15, 0.2) is 0 Å². The molecule has 0 saturated heterocycles. The number of nitrogens with one attached hydrogen (secondary N) is 1. The minimum Gasteiger partial charge on any atom is -0.329 e. The highest BCUT2D eigenvalue weighted by Gasteiger charge is 1.97. The van der Waals surface area contributed by atoms with Gasteiger partial charge in [-0.3, -0.25) is 0 Å². The average molecular weight is 116 g/mol. The van der Waals surface area contributed by atoms with Crippen molar-refractivity contribution in [2.24, 2.45) is 5.73 Å². The van der Waals surface area contributed by atoms with E-state index >= 15 is 0 Å². The summed E-state index contributed by atoms with van der Waals surface area (Å²) < 4.78 is 0. The number of nitrogens with two attached hydrogens (primary N) is 1. The predicted molar refractivity (Wildman–Crippen MR) is 36.8 cm³/mol. The van der Waals surface area contributed by atoms with E-state index in [1.165, 1.54) is 0 Å². The molecule has 0 aromatic carbocycles. The van der Waals surface area contributed by atoms with Gasteiger partial charge < -0.3 is 11.1 Å². The SMILES string of the molecule is CC(C)N[C@H](C)CN. The summed E-state index contributed by atoms with van der Waals surface area (Å²) >= 11 is 0. The van der Waals surface area contributed by atoms with Gasteiger partial charge in [-0.2, -0.15) is 0 Å². The van der Waals surface area contributed by atoms with Gasteiger partial charge in [0, 0.05) is 18.6 Å². The Morgan fingerprint density at radius 3 is 2.00 bits per heavy atom. The van der Waals surface area contributed by atoms with E-state index in [0.29, 0.717) is 12.1 Å². The molecular formula is C6H16N2. The molecule has 0 heterocycles. The van der Waals surface area contributed by atoms with Crippen molar-refractivity contribution in [2.75, 3.05) is 6.54 Å². The fourth-order valence-corrected chi connectivity index (χ4v) is 0.637. The maximum absolute atomic E-state index is 5.36. The summed E-state index contributed by atoms with van der Waals surface area (Å²) in [5.74, 6) is 0. The van der Waals surface area contributed by atoms with E-state index in [-0.39, 0.29) is 0 Å². The highest BCUT2D eigenvalue weighted by Crippen LogP contribution is 1.80. The van der Waals surface area contributed by atoms with Crippen LogP contribution in [0.3, 0.4) is 0 Å². The summed E-state index contributed by atoms with van der Waals surface area (Å²) in [5.41, 5.74) is 5.36. The van der Waals surface area contributed by atoms with Gasteiger partial charge in [0.25, 0.3) is 0 Å². The molecule has 1 atom stereocenters. The van der Waals surface area contributed by atoms with Crippen molar-refractivity contribution in [3.8, 4) is 0 Å². The van der Waals surface area contributed by atoms with Crippen LogP contribution in [-0.4, -0.2) is 18.6 Å². The zero-order chi connectivity index (χ0) is 6.57. The Morgan fingerprint density at radius 1 is 1.38 bits per heavy atom. The fraction of sp³-hybridized carbons (Fsp3) is 1.00. The van der Waals surface area contributed by atoms with Crippen LogP contribution < -0.4 is 11.1 Å². The highest BCUT2D eigenvalue weighted by molar-refractivity contribution is 4.62. The van der Waals surface area contributed by atoms with Crippen LogP contribution in [0.2, 0.25) is 0 Å². The van der Waals surface area contributed by atoms with Gasteiger partial charge in [-0.15, -0.1) is 0 Å². The first-order valence-corrected chi connectivity index (χ1v) is 3.13. The number of hydrogen-bond donors (Lipinski definition) is 2. The van der Waals surface area contributed by atoms with Crippen LogP contribution in [0.1, 0.15) is 20.8 Å². The molecule has 0 aliphatic heterocycles. The topological polar surface area (TPSA) is 38.0 Å². The Kier molecular flexibility index (Phi) is 3.83. The smallest absolute Gasteiger partial charge is 0.0164 e. The molecule has 0 amide bonds. The highest BCUT2D eigenvalue weighted by atomic mass is 14.9. The molecule has 0 spiro atoms. The van der Waals surface area contributed by atoms with E-state index in [9.17, 15) is 0 Å². The van der Waals surface area contributed by atoms with Crippen molar-refractivity contribution >= 4 is 0 Å². The molecule has 0 rings (SSSR count). The zero-order valence-corrected chi connectivity index (χ0v) is 5.94. The summed E-state index contributed by atoms with van der Waals surface area (Å²) in [4.78, 5) is 0. The van der Waals surface area contributed by atoms with Crippen LogP contribution in [0.15, 0.2) is 0 Å². The third-order valence-electron chi connectivity index (χ3n) is 0.971. The standard InChI is InChI=1S/C6H16N2/c1-5(2)8-6(3)4-7/h5-6,8H,4,7H2,1-3H3/t6-/m1/s1. The predicted octanol–water partition coefficient (Wildman–Crippen LogP) is 0.332. The van der Waals surface area contributed by atoms with E-state index in [1.807, 2.05) is 0 Å². The van der Waals surface area contributed by atoms with Crippen LogP contribution in [0.25, 0.3) is 0 Å². The Labute approximate surface area is 51.5 Å². The molecule has 8 heavy (non-hydrogen) atoms. The van der Waals surface area contributed by atoms with Crippen molar-refractivity contribution in [1.29, 1.82) is 0 Å². The molecule has 0 saturated carbocycles. The van der Waals surface area contributed by atoms with Crippen LogP contribution in [0.5, 0.6) is 0 Å². The van der Waals surface area contributed by atoms with E-state index in [1.54, 1.807) is 0 Å². The van der Waals surface area contributed by atoms with Gasteiger partial charge in [-0.1, -0.05) is 13.8 Å². The van der Waals surface area contributed by atoms with Crippen molar-refractivity contribution < 1.29 is 0 Å². The monoisotopic (exact) mass is 116 g/mol. The van der Waals surface area contributed by atoms with Gasteiger partial charge in [-0.25, -0.2) is 0 Å². The Bertz CT molecular complexity index is 52.5. The first kappa shape index (κ1) is 7.92. The Morgan fingerprint density at radius 2 is 1.88 bits per heavy atom. The van der Waals surface area contributed by atoms with Gasteiger partial charge in [0.05, 0.1) is 0 Å². The maximum atomic E-state index is 5.36. The summed E-state index contributed by atoms with van der Waals surface area (Å²) in [6.45, 7) is 7.04. The molecule has 50 valence electrons. The van der Waals surface area contributed by atoms with E-state index in [2.05, 4.69) is 26.1 Å². The first-order valence-electron chi connectivity index (χ1n) is 3.13. The second kappa shape index (κ2) is 3.87. The van der Waals surface area contributed by atoms with Crippen molar-refractivity contribution in [2.45, 2.75) is 32.9 Å². The lowest BCUT2D eigenvalue weighted by molar-refractivity contribution is 0.496. The van der Waals surface area contributed by atoms with E-state index in [0.717, 1.165) is 6.54 Å². The fourth-order valence-electron chi connectivity index (χ4n) is 0.637. The lowest BCUT2D eigenvalue weighted by Crippen LogP contribution is -2.37. The van der Waals surface area contributed by atoms with Gasteiger partial charge in [-0.05, 0) is 6.92 Å². The Balaban J connectivity index is 3.10. The third-order valence-corrected chi connectivity index (χ3v) is 0.971. The molecule has 0 bridgehead atoms. The summed E-state index contributed by atoms with van der Waals surface area (Å²) in [5, 5.41) is 3.27. The van der Waals surface area contributed by atoms with Crippen molar-refractivity contribution in [3.63, 3.8) is 0 Å². The second-order valence-corrected chi connectivity index (χ2v) is 2.46. The minimum atomic E-state index is 0.454. The minimum absolute atomic E-state index is 0.454. The third kappa shape index (κ3) is 4.09. The molecule has 0 aliphatic rings. The van der Waals surface area contributed by atoms with Crippen LogP contribution >= 0.6 is 0 Å². The van der Waals surface area contributed by atoms with Crippen LogP contribution in [0, 0.1) is 0 Å². The second-order valence-electron chi connectivity index (χ2n) is 2.46. The number of hydrogen-bond acceptors (Lipinski definition) is 2. The molecule has 2 nitrogen and oxygen atoms in total. The van der Waals surface area contributed by atoms with Crippen molar-refractivity contribution in [1.82, 2.24) is 5.32 Å². The molecule has 0 fully saturated rings. The molecule has 0 aromatic heterocycles. The van der Waals surface area contributed by atoms with Gasteiger partial charge in [0.1, 0.15) is 0 Å². The first-order chi connectivity index (χ1) is 3.66. The summed E-state index contributed by atoms with van der Waals surface area (Å²) in [6.07, 6.45) is 0. The largest absolute Gasteiger partial charge is 0.329 e. The van der Waals surface area contributed by atoms with E-state index < -0.39 is 0 Å². The molecule has 0 aromatic rings. The van der Waals surface area contributed by atoms with Crippen LogP contribution in [0.4, 0.5) is 0 Å².